The molecule has 3 N–H and O–H groups in total. The van der Waals surface area contributed by atoms with Crippen LogP contribution in [0, 0.1) is 0 Å². The molecule has 0 saturated carbocycles. The monoisotopic (exact) mass is 1210 g/mol. The Labute approximate surface area is 527 Å². The SMILES string of the molecule is CC/C=C\C/C=C\C/C=C\C/C=C\C/C=C\C/C=C\CCC(=O)OCC(COC1OC(C(=O)O)C(O)C(O)C1OC(=O)CCCCC/C=C\C/C=C\C/C=C\C/C=C\C/C=C\CC)OC(=O)CCCCCCCCCCC/C=C\CCCCCCCC. The normalized spacial score (nSPS) is 18.3. The molecule has 0 aromatic heterocycles. The molecule has 1 aliphatic heterocycles. The van der Waals surface area contributed by atoms with Crippen molar-refractivity contribution in [2.45, 2.75) is 289 Å². The van der Waals surface area contributed by atoms with Crippen LogP contribution in [0.2, 0.25) is 0 Å². The Bertz CT molecular complexity index is 2070. The fourth-order valence-corrected chi connectivity index (χ4v) is 9.30. The number of aliphatic hydroxyl groups is 2. The summed E-state index contributed by atoms with van der Waals surface area (Å²) in [7, 11) is 0. The van der Waals surface area contributed by atoms with Gasteiger partial charge in [0.15, 0.2) is 24.6 Å². The van der Waals surface area contributed by atoms with E-state index in [-0.39, 0.29) is 25.9 Å². The minimum Gasteiger partial charge on any atom is -0.479 e. The number of hydrogen-bond acceptors (Lipinski definition) is 11. The molecule has 1 aliphatic rings. The van der Waals surface area contributed by atoms with Crippen molar-refractivity contribution < 1.29 is 58.2 Å². The predicted octanol–water partition coefficient (Wildman–Crippen LogP) is 18.7. The summed E-state index contributed by atoms with van der Waals surface area (Å²) in [5, 5.41) is 31.6. The molecule has 0 radical (unpaired) electrons. The Morgan fingerprint density at radius 2 is 0.747 bits per heavy atom. The molecule has 0 bridgehead atoms. The van der Waals surface area contributed by atoms with Crippen molar-refractivity contribution in [3.05, 3.63) is 146 Å². The van der Waals surface area contributed by atoms with Gasteiger partial charge in [-0.15, -0.1) is 0 Å². The van der Waals surface area contributed by atoms with Gasteiger partial charge in [0.05, 0.1) is 6.61 Å². The quantitative estimate of drug-likeness (QED) is 0.0228. The van der Waals surface area contributed by atoms with Gasteiger partial charge in [0.2, 0.25) is 0 Å². The van der Waals surface area contributed by atoms with Gasteiger partial charge in [0, 0.05) is 19.3 Å². The average molecular weight is 1210 g/mol. The summed E-state index contributed by atoms with van der Waals surface area (Å²) in [5.74, 6) is -3.29. The van der Waals surface area contributed by atoms with Crippen LogP contribution >= 0.6 is 0 Å². The Morgan fingerprint density at radius 3 is 1.17 bits per heavy atom. The molecule has 0 aromatic rings. The minimum absolute atomic E-state index is 0.00625. The molecule has 0 aromatic carbocycles. The number of aliphatic carboxylic acids is 1. The molecule has 12 heteroatoms. The molecule has 1 rings (SSSR count). The van der Waals surface area contributed by atoms with Crippen LogP contribution < -0.4 is 0 Å². The zero-order chi connectivity index (χ0) is 63.1. The molecule has 6 atom stereocenters. The van der Waals surface area contributed by atoms with E-state index in [2.05, 4.69) is 154 Å². The molecule has 0 spiro atoms. The van der Waals surface area contributed by atoms with Crippen LogP contribution in [0.1, 0.15) is 252 Å². The number of allylic oxidation sites excluding steroid dienone is 24. The van der Waals surface area contributed by atoms with Gasteiger partial charge in [-0.1, -0.05) is 250 Å². The highest BCUT2D eigenvalue weighted by Gasteiger charge is 2.50. The van der Waals surface area contributed by atoms with Crippen LogP contribution in [-0.4, -0.2) is 89.2 Å². The fourth-order valence-electron chi connectivity index (χ4n) is 9.30. The van der Waals surface area contributed by atoms with Gasteiger partial charge in [-0.3, -0.25) is 14.4 Å². The third kappa shape index (κ3) is 50.2. The van der Waals surface area contributed by atoms with E-state index in [0.717, 1.165) is 122 Å². The molecule has 1 fully saturated rings. The Balaban J connectivity index is 2.73. The molecule has 490 valence electrons. The molecule has 0 aliphatic carbocycles. The molecule has 1 heterocycles. The maximum Gasteiger partial charge on any atom is 0.335 e. The van der Waals surface area contributed by atoms with Crippen molar-refractivity contribution in [1.29, 1.82) is 0 Å². The number of carboxylic acid groups (broad SMARTS) is 1. The number of carbonyl (C=O) groups excluding carboxylic acids is 3. The van der Waals surface area contributed by atoms with Crippen molar-refractivity contribution in [1.82, 2.24) is 0 Å². The summed E-state index contributed by atoms with van der Waals surface area (Å²) in [6.07, 6.45) is 75.3. The zero-order valence-corrected chi connectivity index (χ0v) is 54.2. The summed E-state index contributed by atoms with van der Waals surface area (Å²) in [6, 6.07) is 0. The van der Waals surface area contributed by atoms with Crippen LogP contribution in [-0.2, 0) is 42.9 Å². The van der Waals surface area contributed by atoms with Gasteiger partial charge < -0.3 is 39.0 Å². The largest absolute Gasteiger partial charge is 0.479 e. The zero-order valence-electron chi connectivity index (χ0n) is 54.2. The van der Waals surface area contributed by atoms with Gasteiger partial charge in [-0.2, -0.15) is 0 Å². The summed E-state index contributed by atoms with van der Waals surface area (Å²) < 4.78 is 28.5. The lowest BCUT2D eigenvalue weighted by Gasteiger charge is -2.40. The maximum atomic E-state index is 13.2. The number of ether oxygens (including phenoxy) is 5. The van der Waals surface area contributed by atoms with E-state index in [1.54, 1.807) is 0 Å². The molecule has 0 amide bonds. The minimum atomic E-state index is -1.93. The second-order valence-electron chi connectivity index (χ2n) is 22.3. The van der Waals surface area contributed by atoms with Crippen LogP contribution in [0.4, 0.5) is 0 Å². The Hall–Kier alpha value is -5.40. The average Bonchev–Trinajstić information content (AvgIpc) is 2.56. The first kappa shape index (κ1) is 79.6. The van der Waals surface area contributed by atoms with Crippen LogP contribution in [0.15, 0.2) is 146 Å². The number of carboxylic acids is 1. The van der Waals surface area contributed by atoms with Crippen molar-refractivity contribution >= 4 is 23.9 Å². The van der Waals surface area contributed by atoms with E-state index < -0.39 is 67.3 Å². The first-order chi connectivity index (χ1) is 42.6. The smallest absolute Gasteiger partial charge is 0.335 e. The van der Waals surface area contributed by atoms with E-state index in [1.165, 1.54) is 70.6 Å². The first-order valence-corrected chi connectivity index (χ1v) is 33.8. The third-order valence-electron chi connectivity index (χ3n) is 14.4. The molecule has 6 unspecified atom stereocenters. The maximum absolute atomic E-state index is 13.2. The van der Waals surface area contributed by atoms with E-state index in [9.17, 15) is 34.5 Å². The highest BCUT2D eigenvalue weighted by molar-refractivity contribution is 5.74. The second-order valence-corrected chi connectivity index (χ2v) is 22.3. The van der Waals surface area contributed by atoms with E-state index >= 15 is 0 Å². The van der Waals surface area contributed by atoms with Crippen molar-refractivity contribution in [3.63, 3.8) is 0 Å². The lowest BCUT2D eigenvalue weighted by atomic mass is 9.98. The molecular weight excluding hydrogens is 1090 g/mol. The Morgan fingerprint density at radius 1 is 0.391 bits per heavy atom. The first-order valence-electron chi connectivity index (χ1n) is 33.8. The van der Waals surface area contributed by atoms with Crippen LogP contribution in [0.5, 0.6) is 0 Å². The van der Waals surface area contributed by atoms with E-state index in [4.69, 9.17) is 23.7 Å². The fraction of sp³-hybridized carbons (Fsp3) is 0.627. The number of unbranched alkanes of at least 4 members (excludes halogenated alkanes) is 18. The lowest BCUT2D eigenvalue weighted by Crippen LogP contribution is -2.61. The summed E-state index contributed by atoms with van der Waals surface area (Å²) >= 11 is 0. The highest BCUT2D eigenvalue weighted by Crippen LogP contribution is 2.26. The van der Waals surface area contributed by atoms with Crippen molar-refractivity contribution in [3.8, 4) is 0 Å². The number of aliphatic hydroxyl groups excluding tert-OH is 2. The van der Waals surface area contributed by atoms with Crippen molar-refractivity contribution in [2.24, 2.45) is 0 Å². The molecule has 1 saturated heterocycles. The van der Waals surface area contributed by atoms with E-state index in [0.29, 0.717) is 19.3 Å². The number of rotatable bonds is 56. The van der Waals surface area contributed by atoms with Crippen molar-refractivity contribution in [2.75, 3.05) is 13.2 Å². The summed E-state index contributed by atoms with van der Waals surface area (Å²) in [6.45, 7) is 5.70. The van der Waals surface area contributed by atoms with Gasteiger partial charge in [0.25, 0.3) is 0 Å². The number of carbonyl (C=O) groups is 4. The summed E-state index contributed by atoms with van der Waals surface area (Å²) in [4.78, 5) is 51.4. The Kier molecular flexibility index (Phi) is 55.7. The molecular formula is C75H118O12. The summed E-state index contributed by atoms with van der Waals surface area (Å²) in [5.41, 5.74) is 0. The predicted molar refractivity (Wildman–Crippen MR) is 358 cm³/mol. The van der Waals surface area contributed by atoms with Gasteiger partial charge in [-0.25, -0.2) is 4.79 Å². The van der Waals surface area contributed by atoms with E-state index in [1.807, 2.05) is 12.2 Å². The van der Waals surface area contributed by atoms with Gasteiger partial charge in [-0.05, 0) is 128 Å². The van der Waals surface area contributed by atoms with Gasteiger partial charge >= 0.3 is 23.9 Å². The number of esters is 3. The topological polar surface area (TPSA) is 175 Å². The van der Waals surface area contributed by atoms with Crippen LogP contribution in [0.25, 0.3) is 0 Å². The second kappa shape index (κ2) is 60.9. The van der Waals surface area contributed by atoms with Crippen LogP contribution in [0.3, 0.4) is 0 Å². The third-order valence-corrected chi connectivity index (χ3v) is 14.4. The van der Waals surface area contributed by atoms with Gasteiger partial charge in [0.1, 0.15) is 18.8 Å². The lowest BCUT2D eigenvalue weighted by molar-refractivity contribution is -0.301. The molecule has 12 nitrogen and oxygen atoms in total. The molecule has 87 heavy (non-hydrogen) atoms. The number of hydrogen-bond donors (Lipinski definition) is 3. The standard InChI is InChI=1S/C75H118O12/c1-4-7-10-13-16-19-22-25-28-31-34-37-40-43-46-49-52-55-58-61-67(76)83-64-66(85-68(77)62-59-56-53-50-47-44-41-38-35-32-29-26-23-20-17-14-11-8-5-2)65-84-75-73(71(80)70(79)72(87-75)74(81)82)86-69(78)63-60-57-54-51-48-45-42-39-36-33-30-27-24-21-18-15-12-9-6-3/h7,9-10,12,16,18-19,21,25-30,34,36-37,39,43,45-46,48,52,55,66,70-73,75,79-80H,4-6,8,11,13-15,17,20,22-24,31-33,35,38,40-42,44,47,49-51,53-54,56-65H2,1-3H3,(H,81,82)/b10-7-,12-9-,19-16-,21-18-,28-25-,29-26-,30-27-,37-34-,39-36-,46-43-,48-45-,55-52-. The highest BCUT2D eigenvalue weighted by atomic mass is 16.7.